The summed E-state index contributed by atoms with van der Waals surface area (Å²) in [4.78, 5) is 7.11. The van der Waals surface area contributed by atoms with Gasteiger partial charge in [-0.3, -0.25) is 9.89 Å². The van der Waals surface area contributed by atoms with E-state index in [4.69, 9.17) is 4.74 Å². The average molecular weight is 462 g/mol. The number of nitrogens with one attached hydrogen (secondary N) is 2. The number of ether oxygens (including phenoxy) is 1. The molecule has 0 radical (unpaired) electrons. The summed E-state index contributed by atoms with van der Waals surface area (Å²) in [6, 6.07) is 1.67. The second-order valence-corrected chi connectivity index (χ2v) is 8.80. The van der Waals surface area contributed by atoms with Crippen LogP contribution in [0.1, 0.15) is 46.5 Å². The van der Waals surface area contributed by atoms with E-state index in [1.165, 1.54) is 32.2 Å². The van der Waals surface area contributed by atoms with Crippen molar-refractivity contribution in [2.45, 2.75) is 70.7 Å². The zero-order valence-corrected chi connectivity index (χ0v) is 18.5. The molecular weight excluding hydrogens is 427 g/mol. The molecule has 4 rings (SSSR count). The molecule has 0 aromatic rings. The predicted molar refractivity (Wildman–Crippen MR) is 113 cm³/mol. The minimum Gasteiger partial charge on any atom is -0.377 e. The number of nitrogens with zero attached hydrogens (tertiary/aromatic N) is 2. The molecule has 2 N–H and O–H groups in total. The Balaban J connectivity index is 0.00000182. The van der Waals surface area contributed by atoms with E-state index < -0.39 is 0 Å². The molecule has 4 fully saturated rings. The van der Waals surface area contributed by atoms with Crippen LogP contribution in [0.5, 0.6) is 0 Å². The van der Waals surface area contributed by atoms with E-state index in [2.05, 4.69) is 41.3 Å². The number of aliphatic imine (C=N–C) groups is 1. The summed E-state index contributed by atoms with van der Waals surface area (Å²) in [7, 11) is 1.91. The lowest BCUT2D eigenvalue weighted by molar-refractivity contribution is -0.171. The number of hydrogen-bond acceptors (Lipinski definition) is 3. The molecule has 0 aromatic carbocycles. The highest BCUT2D eigenvalue weighted by Crippen LogP contribution is 2.62. The molecule has 0 aromatic heterocycles. The fourth-order valence-corrected chi connectivity index (χ4v) is 5.56. The molecular formula is C19H35IN4O. The third-order valence-corrected chi connectivity index (χ3v) is 7.24. The van der Waals surface area contributed by atoms with E-state index in [9.17, 15) is 0 Å². The summed E-state index contributed by atoms with van der Waals surface area (Å²) < 4.78 is 6.04. The molecule has 5 nitrogen and oxygen atoms in total. The standard InChI is InChI=1S/C19H34N4O.HI/c1-12(2)23-10-13(3)15(11-23)21-18(20-4)22-16-14-6-9-24-17(14)19(16)7-5-8-19;/h12-17H,5-11H2,1-4H3,(H2,20,21,22);1H. The largest absolute Gasteiger partial charge is 0.377 e. The van der Waals surface area contributed by atoms with Gasteiger partial charge in [0, 0.05) is 56.2 Å². The minimum absolute atomic E-state index is 0. The fraction of sp³-hybridized carbons (Fsp3) is 0.947. The van der Waals surface area contributed by atoms with Crippen LogP contribution in [0.2, 0.25) is 0 Å². The summed E-state index contributed by atoms with van der Waals surface area (Å²) in [6.07, 6.45) is 5.73. The van der Waals surface area contributed by atoms with Crippen molar-refractivity contribution in [3.05, 3.63) is 0 Å². The number of likely N-dealkylation sites (tertiary alicyclic amines) is 1. The molecule has 6 heteroatoms. The first-order valence-corrected chi connectivity index (χ1v) is 9.90. The molecule has 2 aliphatic carbocycles. The summed E-state index contributed by atoms with van der Waals surface area (Å²) in [5, 5.41) is 7.52. The van der Waals surface area contributed by atoms with Gasteiger partial charge in [0.25, 0.3) is 0 Å². The average Bonchev–Trinajstić information content (AvgIpc) is 3.07. The Hall–Kier alpha value is -0.0800. The third kappa shape index (κ3) is 3.20. The SMILES string of the molecule is CN=C(NC1CN(C(C)C)CC1C)NC1C2CCOC2C12CCC2.I. The zero-order valence-electron chi connectivity index (χ0n) is 16.1. The topological polar surface area (TPSA) is 48.9 Å². The summed E-state index contributed by atoms with van der Waals surface area (Å²) in [5.41, 5.74) is 0.407. The molecule has 4 aliphatic rings. The van der Waals surface area contributed by atoms with Crippen LogP contribution < -0.4 is 10.6 Å². The first kappa shape index (κ1) is 19.7. The van der Waals surface area contributed by atoms with E-state index in [-0.39, 0.29) is 24.0 Å². The Morgan fingerprint density at radius 3 is 2.56 bits per heavy atom. The predicted octanol–water partition coefficient (Wildman–Crippen LogP) is 2.46. The Kier molecular flexibility index (Phi) is 5.91. The second kappa shape index (κ2) is 7.50. The molecule has 2 saturated carbocycles. The van der Waals surface area contributed by atoms with Crippen molar-refractivity contribution in [3.8, 4) is 0 Å². The molecule has 2 heterocycles. The van der Waals surface area contributed by atoms with Crippen molar-refractivity contribution in [1.29, 1.82) is 0 Å². The van der Waals surface area contributed by atoms with Crippen LogP contribution in [0.25, 0.3) is 0 Å². The van der Waals surface area contributed by atoms with Crippen molar-refractivity contribution in [2.75, 3.05) is 26.7 Å². The lowest BCUT2D eigenvalue weighted by atomic mass is 9.46. The molecule has 0 bridgehead atoms. The highest BCUT2D eigenvalue weighted by Gasteiger charge is 2.66. The first-order valence-electron chi connectivity index (χ1n) is 9.90. The van der Waals surface area contributed by atoms with Gasteiger partial charge in [0.2, 0.25) is 0 Å². The first-order chi connectivity index (χ1) is 11.5. The number of rotatable bonds is 3. The van der Waals surface area contributed by atoms with Crippen LogP contribution in [-0.2, 0) is 4.74 Å². The Bertz CT molecular complexity index is 508. The minimum atomic E-state index is 0. The second-order valence-electron chi connectivity index (χ2n) is 8.80. The zero-order chi connectivity index (χ0) is 16.9. The van der Waals surface area contributed by atoms with Gasteiger partial charge < -0.3 is 15.4 Å². The summed E-state index contributed by atoms with van der Waals surface area (Å²) in [6.45, 7) is 10.2. The van der Waals surface area contributed by atoms with Gasteiger partial charge in [-0.25, -0.2) is 0 Å². The number of guanidine groups is 1. The van der Waals surface area contributed by atoms with Crippen molar-refractivity contribution < 1.29 is 4.74 Å². The monoisotopic (exact) mass is 462 g/mol. The van der Waals surface area contributed by atoms with Crippen LogP contribution in [0.15, 0.2) is 4.99 Å². The smallest absolute Gasteiger partial charge is 0.191 e. The van der Waals surface area contributed by atoms with Crippen LogP contribution in [-0.4, -0.2) is 61.8 Å². The molecule has 2 aliphatic heterocycles. The Morgan fingerprint density at radius 2 is 2.00 bits per heavy atom. The van der Waals surface area contributed by atoms with Crippen LogP contribution in [0.4, 0.5) is 0 Å². The quantitative estimate of drug-likeness (QED) is 0.385. The number of halogens is 1. The van der Waals surface area contributed by atoms with Crippen molar-refractivity contribution in [3.63, 3.8) is 0 Å². The van der Waals surface area contributed by atoms with E-state index in [1.807, 2.05) is 7.05 Å². The van der Waals surface area contributed by atoms with E-state index >= 15 is 0 Å². The normalized spacial score (nSPS) is 39.6. The van der Waals surface area contributed by atoms with Crippen molar-refractivity contribution in [1.82, 2.24) is 15.5 Å². The van der Waals surface area contributed by atoms with Crippen molar-refractivity contribution >= 4 is 29.9 Å². The molecule has 5 unspecified atom stereocenters. The maximum absolute atomic E-state index is 6.04. The lowest BCUT2D eigenvalue weighted by Gasteiger charge is -2.63. The van der Waals surface area contributed by atoms with E-state index in [0.717, 1.165) is 19.1 Å². The summed E-state index contributed by atoms with van der Waals surface area (Å²) in [5.74, 6) is 2.35. The van der Waals surface area contributed by atoms with E-state index in [0.29, 0.717) is 41.5 Å². The van der Waals surface area contributed by atoms with E-state index in [1.54, 1.807) is 0 Å². The maximum Gasteiger partial charge on any atom is 0.191 e. The van der Waals surface area contributed by atoms with Gasteiger partial charge in [0.15, 0.2) is 5.96 Å². The van der Waals surface area contributed by atoms with Crippen LogP contribution >= 0.6 is 24.0 Å². The molecule has 144 valence electrons. The molecule has 1 spiro atoms. The third-order valence-electron chi connectivity index (χ3n) is 7.24. The van der Waals surface area contributed by atoms with Crippen LogP contribution in [0, 0.1) is 17.3 Å². The molecule has 5 atom stereocenters. The van der Waals surface area contributed by atoms with Crippen LogP contribution in [0.3, 0.4) is 0 Å². The van der Waals surface area contributed by atoms with Gasteiger partial charge in [-0.1, -0.05) is 13.3 Å². The van der Waals surface area contributed by atoms with Gasteiger partial charge in [-0.05, 0) is 39.0 Å². The molecule has 0 amide bonds. The van der Waals surface area contributed by atoms with Gasteiger partial charge in [-0.15, -0.1) is 24.0 Å². The maximum atomic E-state index is 6.04. The lowest BCUT2D eigenvalue weighted by Crippen LogP contribution is -2.72. The Labute approximate surface area is 169 Å². The fourth-order valence-electron chi connectivity index (χ4n) is 5.56. The van der Waals surface area contributed by atoms with Gasteiger partial charge >= 0.3 is 0 Å². The molecule has 25 heavy (non-hydrogen) atoms. The highest BCUT2D eigenvalue weighted by molar-refractivity contribution is 14.0. The number of hydrogen-bond donors (Lipinski definition) is 2. The van der Waals surface area contributed by atoms with Gasteiger partial charge in [-0.2, -0.15) is 0 Å². The van der Waals surface area contributed by atoms with Gasteiger partial charge in [0.05, 0.1) is 6.10 Å². The van der Waals surface area contributed by atoms with Crippen molar-refractivity contribution in [2.24, 2.45) is 22.2 Å². The summed E-state index contributed by atoms with van der Waals surface area (Å²) >= 11 is 0. The number of fused-ring (bicyclic) bond motifs is 2. The molecule has 2 saturated heterocycles. The Morgan fingerprint density at radius 1 is 1.24 bits per heavy atom. The van der Waals surface area contributed by atoms with Gasteiger partial charge in [0.1, 0.15) is 0 Å². The highest BCUT2D eigenvalue weighted by atomic mass is 127.